The van der Waals surface area contributed by atoms with Crippen LogP contribution in [0.15, 0.2) is 18.2 Å². The van der Waals surface area contributed by atoms with Gasteiger partial charge in [0.05, 0.1) is 10.9 Å². The Balaban J connectivity index is 2.66. The Bertz CT molecular complexity index is 730. The van der Waals surface area contributed by atoms with Crippen LogP contribution in [-0.2, 0) is 14.4 Å². The van der Waals surface area contributed by atoms with Gasteiger partial charge in [-0.05, 0) is 12.1 Å². The predicted octanol–water partition coefficient (Wildman–Crippen LogP) is 1.94. The number of hydrogen-bond acceptors (Lipinski definition) is 6. The van der Waals surface area contributed by atoms with Crippen molar-refractivity contribution in [1.82, 2.24) is 4.98 Å². The fourth-order valence-corrected chi connectivity index (χ4v) is 1.86. The monoisotopic (exact) mass is 291 g/mol. The van der Waals surface area contributed by atoms with Gasteiger partial charge in [0, 0.05) is 20.8 Å². The number of aromatic nitrogens is 1. The van der Waals surface area contributed by atoms with Gasteiger partial charge in [0.25, 0.3) is 0 Å². The van der Waals surface area contributed by atoms with Crippen molar-refractivity contribution in [1.29, 1.82) is 0 Å². The van der Waals surface area contributed by atoms with Crippen molar-refractivity contribution >= 4 is 28.8 Å². The fraction of sp³-hybridized carbons (Fsp3) is 0.214. The van der Waals surface area contributed by atoms with Crippen LogP contribution in [0.1, 0.15) is 20.8 Å². The first kappa shape index (κ1) is 14.6. The molecule has 0 saturated carbocycles. The summed E-state index contributed by atoms with van der Waals surface area (Å²) in [6.07, 6.45) is 0. The molecule has 0 bridgehead atoms. The minimum Gasteiger partial charge on any atom is -0.426 e. The molecule has 1 heterocycles. The fourth-order valence-electron chi connectivity index (χ4n) is 1.86. The van der Waals surface area contributed by atoms with E-state index in [2.05, 4.69) is 4.98 Å². The van der Waals surface area contributed by atoms with Crippen LogP contribution < -0.4 is 14.2 Å². The number of hydrogen-bond donors (Lipinski definition) is 1. The van der Waals surface area contributed by atoms with E-state index in [1.807, 2.05) is 0 Å². The molecule has 21 heavy (non-hydrogen) atoms. The summed E-state index contributed by atoms with van der Waals surface area (Å²) in [6.45, 7) is 3.69. The largest absolute Gasteiger partial charge is 0.426 e. The molecule has 2 aromatic rings. The summed E-state index contributed by atoms with van der Waals surface area (Å²) in [5.41, 5.74) is 0.501. The number of rotatable bonds is 3. The van der Waals surface area contributed by atoms with Gasteiger partial charge < -0.3 is 19.2 Å². The zero-order valence-corrected chi connectivity index (χ0v) is 11.7. The third kappa shape index (κ3) is 3.19. The molecule has 0 fully saturated rings. The van der Waals surface area contributed by atoms with Crippen LogP contribution in [0.4, 0.5) is 0 Å². The summed E-state index contributed by atoms with van der Waals surface area (Å²) in [5, 5.41) is 0.346. The highest BCUT2D eigenvalue weighted by atomic mass is 16.6. The minimum atomic E-state index is -0.595. The Kier molecular flexibility index (Phi) is 3.93. The number of carbonyl (C=O) groups is 3. The molecule has 2 rings (SSSR count). The lowest BCUT2D eigenvalue weighted by Gasteiger charge is -2.06. The first-order chi connectivity index (χ1) is 9.88. The maximum atomic E-state index is 11.2. The standard InChI is InChI=1S/C14H13NO6/c1-7(16)19-11-6-4-5-10-12(11)13(20-8(2)17)14(15-10)21-9(3)18/h4-6,15H,1-3H3. The van der Waals surface area contributed by atoms with Crippen LogP contribution in [0, 0.1) is 0 Å². The van der Waals surface area contributed by atoms with E-state index in [1.54, 1.807) is 18.2 Å². The highest BCUT2D eigenvalue weighted by molar-refractivity contribution is 5.98. The van der Waals surface area contributed by atoms with Gasteiger partial charge in [0.15, 0.2) is 0 Å². The summed E-state index contributed by atoms with van der Waals surface area (Å²) < 4.78 is 15.1. The van der Waals surface area contributed by atoms with Gasteiger partial charge >= 0.3 is 17.9 Å². The van der Waals surface area contributed by atoms with Crippen LogP contribution in [0.3, 0.4) is 0 Å². The number of ether oxygens (including phenoxy) is 3. The predicted molar refractivity (Wildman–Crippen MR) is 72.2 cm³/mol. The molecule has 0 amide bonds. The molecule has 0 radical (unpaired) electrons. The smallest absolute Gasteiger partial charge is 0.309 e. The molecule has 1 aromatic heterocycles. The number of nitrogens with one attached hydrogen (secondary N) is 1. The molecule has 0 atom stereocenters. The lowest BCUT2D eigenvalue weighted by molar-refractivity contribution is -0.134. The average molecular weight is 291 g/mol. The normalized spacial score (nSPS) is 10.2. The van der Waals surface area contributed by atoms with Crippen molar-refractivity contribution in [2.75, 3.05) is 0 Å². The quantitative estimate of drug-likeness (QED) is 0.686. The van der Waals surface area contributed by atoms with Gasteiger partial charge in [-0.15, -0.1) is 0 Å². The molecule has 1 aromatic carbocycles. The van der Waals surface area contributed by atoms with E-state index in [1.165, 1.54) is 20.8 Å². The molecule has 7 heteroatoms. The Morgan fingerprint density at radius 1 is 0.905 bits per heavy atom. The number of aromatic amines is 1. The molecule has 0 aliphatic heterocycles. The van der Waals surface area contributed by atoms with Crippen molar-refractivity contribution in [2.45, 2.75) is 20.8 Å². The Morgan fingerprint density at radius 3 is 2.10 bits per heavy atom. The maximum Gasteiger partial charge on any atom is 0.309 e. The maximum absolute atomic E-state index is 11.2. The second-order valence-corrected chi connectivity index (χ2v) is 4.24. The Labute approximate surface area is 119 Å². The van der Waals surface area contributed by atoms with Gasteiger partial charge in [-0.25, -0.2) is 0 Å². The molecular weight excluding hydrogens is 278 g/mol. The van der Waals surface area contributed by atoms with E-state index in [0.717, 1.165) is 0 Å². The van der Waals surface area contributed by atoms with E-state index >= 15 is 0 Å². The zero-order valence-electron chi connectivity index (χ0n) is 11.7. The lowest BCUT2D eigenvalue weighted by atomic mass is 10.2. The van der Waals surface area contributed by atoms with Crippen LogP contribution >= 0.6 is 0 Å². The highest BCUT2D eigenvalue weighted by Gasteiger charge is 2.21. The number of benzene rings is 1. The zero-order chi connectivity index (χ0) is 15.6. The topological polar surface area (TPSA) is 94.7 Å². The van der Waals surface area contributed by atoms with Crippen LogP contribution in [0.5, 0.6) is 17.4 Å². The van der Waals surface area contributed by atoms with E-state index in [0.29, 0.717) is 10.9 Å². The van der Waals surface area contributed by atoms with E-state index in [9.17, 15) is 14.4 Å². The van der Waals surface area contributed by atoms with Crippen LogP contribution in [0.25, 0.3) is 10.9 Å². The van der Waals surface area contributed by atoms with Gasteiger partial charge in [-0.3, -0.25) is 14.4 Å². The molecule has 110 valence electrons. The van der Waals surface area contributed by atoms with E-state index < -0.39 is 17.9 Å². The minimum absolute atomic E-state index is 0.00421. The third-order valence-electron chi connectivity index (χ3n) is 2.45. The molecule has 0 aliphatic rings. The number of esters is 3. The second-order valence-electron chi connectivity index (χ2n) is 4.24. The van der Waals surface area contributed by atoms with Crippen molar-refractivity contribution in [3.63, 3.8) is 0 Å². The van der Waals surface area contributed by atoms with Crippen molar-refractivity contribution in [2.24, 2.45) is 0 Å². The van der Waals surface area contributed by atoms with E-state index in [-0.39, 0.29) is 17.4 Å². The summed E-state index contributed by atoms with van der Waals surface area (Å²) >= 11 is 0. The molecule has 0 unspecified atom stereocenters. The summed E-state index contributed by atoms with van der Waals surface area (Å²) in [6, 6.07) is 4.86. The summed E-state index contributed by atoms with van der Waals surface area (Å²) in [4.78, 5) is 36.3. The van der Waals surface area contributed by atoms with Crippen molar-refractivity contribution in [3.8, 4) is 17.4 Å². The van der Waals surface area contributed by atoms with Crippen molar-refractivity contribution < 1.29 is 28.6 Å². The summed E-state index contributed by atoms with van der Waals surface area (Å²) in [5.74, 6) is -1.51. The van der Waals surface area contributed by atoms with Gasteiger partial charge in [0.2, 0.25) is 11.6 Å². The molecule has 0 spiro atoms. The third-order valence-corrected chi connectivity index (χ3v) is 2.45. The SMILES string of the molecule is CC(=O)Oc1[nH]c2cccc(OC(C)=O)c2c1OC(C)=O. The second kappa shape index (κ2) is 5.66. The molecule has 0 aliphatic carbocycles. The Morgan fingerprint density at radius 2 is 1.52 bits per heavy atom. The molecular formula is C14H13NO6. The molecule has 1 N–H and O–H groups in total. The first-order valence-electron chi connectivity index (χ1n) is 6.08. The summed E-state index contributed by atoms with van der Waals surface area (Å²) in [7, 11) is 0. The lowest BCUT2D eigenvalue weighted by Crippen LogP contribution is -2.07. The first-order valence-corrected chi connectivity index (χ1v) is 6.08. The van der Waals surface area contributed by atoms with Crippen LogP contribution in [-0.4, -0.2) is 22.9 Å². The van der Waals surface area contributed by atoms with Gasteiger partial charge in [-0.1, -0.05) is 6.07 Å². The van der Waals surface area contributed by atoms with E-state index in [4.69, 9.17) is 14.2 Å². The van der Waals surface area contributed by atoms with Gasteiger partial charge in [0.1, 0.15) is 5.75 Å². The highest BCUT2D eigenvalue weighted by Crippen LogP contribution is 2.41. The average Bonchev–Trinajstić information content (AvgIpc) is 2.66. The van der Waals surface area contributed by atoms with Crippen LogP contribution in [0.2, 0.25) is 0 Å². The van der Waals surface area contributed by atoms with Crippen molar-refractivity contribution in [3.05, 3.63) is 18.2 Å². The van der Waals surface area contributed by atoms with Gasteiger partial charge in [-0.2, -0.15) is 0 Å². The number of H-pyrrole nitrogens is 1. The molecule has 7 nitrogen and oxygen atoms in total. The molecule has 0 saturated heterocycles. The number of carbonyl (C=O) groups excluding carboxylic acids is 3. The number of fused-ring (bicyclic) bond motifs is 1. The Hall–Kier alpha value is -2.83.